The molecule has 0 radical (unpaired) electrons. The number of sulfonamides is 1. The SMILES string of the molecule is COc1c(C(C)(C)C)ccc(S)c1S(N)(=O)=O. The summed E-state index contributed by atoms with van der Waals surface area (Å²) in [5.41, 5.74) is 0.536. The zero-order valence-corrected chi connectivity index (χ0v) is 12.0. The van der Waals surface area contributed by atoms with Crippen molar-refractivity contribution in [2.24, 2.45) is 5.14 Å². The van der Waals surface area contributed by atoms with E-state index in [1.807, 2.05) is 20.8 Å². The lowest BCUT2D eigenvalue weighted by molar-refractivity contribution is 0.383. The van der Waals surface area contributed by atoms with Crippen LogP contribution in [0.4, 0.5) is 0 Å². The van der Waals surface area contributed by atoms with Crippen LogP contribution in [-0.4, -0.2) is 15.5 Å². The predicted molar refractivity (Wildman–Crippen MR) is 70.3 cm³/mol. The van der Waals surface area contributed by atoms with Crippen molar-refractivity contribution in [3.8, 4) is 5.75 Å². The van der Waals surface area contributed by atoms with E-state index in [1.165, 1.54) is 7.11 Å². The van der Waals surface area contributed by atoms with Gasteiger partial charge in [-0.2, -0.15) is 0 Å². The van der Waals surface area contributed by atoms with Crippen molar-refractivity contribution in [1.82, 2.24) is 0 Å². The minimum atomic E-state index is -3.86. The van der Waals surface area contributed by atoms with Crippen LogP contribution in [0.2, 0.25) is 0 Å². The molecule has 96 valence electrons. The van der Waals surface area contributed by atoms with E-state index in [1.54, 1.807) is 12.1 Å². The summed E-state index contributed by atoms with van der Waals surface area (Å²) in [6.07, 6.45) is 0. The number of thiol groups is 1. The molecular weight excluding hydrogens is 258 g/mol. The van der Waals surface area contributed by atoms with Crippen molar-refractivity contribution >= 4 is 22.7 Å². The largest absolute Gasteiger partial charge is 0.495 e. The quantitative estimate of drug-likeness (QED) is 0.810. The molecule has 6 heteroatoms. The third-order valence-electron chi connectivity index (χ3n) is 2.39. The van der Waals surface area contributed by atoms with Gasteiger partial charge >= 0.3 is 0 Å². The Labute approximate surface area is 108 Å². The molecule has 0 spiro atoms. The fraction of sp³-hybridized carbons (Fsp3) is 0.455. The summed E-state index contributed by atoms with van der Waals surface area (Å²) in [5, 5.41) is 5.19. The lowest BCUT2D eigenvalue weighted by atomic mass is 9.86. The van der Waals surface area contributed by atoms with Crippen LogP contribution < -0.4 is 9.88 Å². The molecule has 0 fully saturated rings. The topological polar surface area (TPSA) is 69.4 Å². The van der Waals surface area contributed by atoms with Gasteiger partial charge in [-0.1, -0.05) is 26.8 Å². The summed E-state index contributed by atoms with van der Waals surface area (Å²) in [5.74, 6) is 0.271. The van der Waals surface area contributed by atoms with E-state index in [4.69, 9.17) is 9.88 Å². The second kappa shape index (κ2) is 4.51. The molecule has 0 aromatic heterocycles. The Morgan fingerprint density at radius 3 is 2.18 bits per heavy atom. The highest BCUT2D eigenvalue weighted by Gasteiger charge is 2.27. The van der Waals surface area contributed by atoms with Gasteiger partial charge in [0.2, 0.25) is 10.0 Å². The Morgan fingerprint density at radius 2 is 1.82 bits per heavy atom. The monoisotopic (exact) mass is 275 g/mol. The van der Waals surface area contributed by atoms with Crippen LogP contribution in [0, 0.1) is 0 Å². The number of hydrogen-bond acceptors (Lipinski definition) is 4. The van der Waals surface area contributed by atoms with Crippen molar-refractivity contribution in [1.29, 1.82) is 0 Å². The van der Waals surface area contributed by atoms with Crippen LogP contribution in [0.5, 0.6) is 5.75 Å². The van der Waals surface area contributed by atoms with Crippen molar-refractivity contribution in [3.05, 3.63) is 17.7 Å². The number of methoxy groups -OCH3 is 1. The van der Waals surface area contributed by atoms with E-state index in [2.05, 4.69) is 12.6 Å². The maximum Gasteiger partial charge on any atom is 0.242 e. The maximum atomic E-state index is 11.6. The second-order valence-electron chi connectivity index (χ2n) is 4.79. The first-order valence-corrected chi connectivity index (χ1v) is 7.01. The fourth-order valence-electron chi connectivity index (χ4n) is 1.62. The molecule has 2 N–H and O–H groups in total. The van der Waals surface area contributed by atoms with Crippen molar-refractivity contribution in [2.45, 2.75) is 36.0 Å². The molecule has 0 atom stereocenters. The molecule has 0 amide bonds. The van der Waals surface area contributed by atoms with Crippen LogP contribution >= 0.6 is 12.6 Å². The summed E-state index contributed by atoms with van der Waals surface area (Å²) in [7, 11) is -2.44. The van der Waals surface area contributed by atoms with E-state index < -0.39 is 10.0 Å². The third-order valence-corrected chi connectivity index (χ3v) is 3.89. The molecule has 0 bridgehead atoms. The van der Waals surface area contributed by atoms with Crippen molar-refractivity contribution in [3.63, 3.8) is 0 Å². The van der Waals surface area contributed by atoms with E-state index in [-0.39, 0.29) is 21.0 Å². The highest BCUT2D eigenvalue weighted by molar-refractivity contribution is 7.90. The summed E-state index contributed by atoms with van der Waals surface area (Å²) < 4.78 is 28.3. The van der Waals surface area contributed by atoms with Gasteiger partial charge in [-0.05, 0) is 11.5 Å². The maximum absolute atomic E-state index is 11.6. The van der Waals surface area contributed by atoms with Gasteiger partial charge < -0.3 is 4.74 Å². The molecule has 1 aromatic rings. The first-order chi connectivity index (χ1) is 7.59. The number of rotatable bonds is 2. The van der Waals surface area contributed by atoms with Crippen molar-refractivity contribution < 1.29 is 13.2 Å². The summed E-state index contributed by atoms with van der Waals surface area (Å²) in [4.78, 5) is 0.230. The highest BCUT2D eigenvalue weighted by atomic mass is 32.2. The van der Waals surface area contributed by atoms with Gasteiger partial charge in [-0.25, -0.2) is 13.6 Å². The van der Waals surface area contributed by atoms with E-state index in [0.717, 1.165) is 5.56 Å². The molecule has 0 saturated carbocycles. The van der Waals surface area contributed by atoms with E-state index >= 15 is 0 Å². The molecule has 4 nitrogen and oxygen atoms in total. The van der Waals surface area contributed by atoms with Gasteiger partial charge in [0.15, 0.2) is 0 Å². The number of benzene rings is 1. The van der Waals surface area contributed by atoms with E-state index in [9.17, 15) is 8.42 Å². The summed E-state index contributed by atoms with van der Waals surface area (Å²) in [6.45, 7) is 5.90. The van der Waals surface area contributed by atoms with E-state index in [0.29, 0.717) is 0 Å². The number of hydrogen-bond donors (Lipinski definition) is 2. The molecule has 0 aliphatic rings. The average molecular weight is 275 g/mol. The Balaban J connectivity index is 3.72. The van der Waals surface area contributed by atoms with Gasteiger partial charge in [0, 0.05) is 10.5 Å². The first kappa shape index (κ1) is 14.3. The zero-order chi connectivity index (χ0) is 13.4. The molecule has 0 aliphatic heterocycles. The normalized spacial score (nSPS) is 12.6. The number of ether oxygens (including phenoxy) is 1. The van der Waals surface area contributed by atoms with Gasteiger partial charge in [-0.3, -0.25) is 0 Å². The molecule has 1 rings (SSSR count). The molecule has 17 heavy (non-hydrogen) atoms. The highest BCUT2D eigenvalue weighted by Crippen LogP contribution is 2.38. The Kier molecular flexibility index (Phi) is 3.81. The van der Waals surface area contributed by atoms with Gasteiger partial charge in [0.25, 0.3) is 0 Å². The lowest BCUT2D eigenvalue weighted by Gasteiger charge is -2.24. The van der Waals surface area contributed by atoms with Crippen LogP contribution in [0.15, 0.2) is 21.9 Å². The zero-order valence-electron chi connectivity index (χ0n) is 10.3. The van der Waals surface area contributed by atoms with Crippen LogP contribution in [0.3, 0.4) is 0 Å². The van der Waals surface area contributed by atoms with Gasteiger partial charge in [0.05, 0.1) is 7.11 Å². The fourth-order valence-corrected chi connectivity index (χ4v) is 2.99. The molecule has 1 aromatic carbocycles. The third kappa shape index (κ3) is 2.94. The minimum Gasteiger partial charge on any atom is -0.495 e. The molecular formula is C11H17NO3S2. The minimum absolute atomic E-state index is 0.0595. The van der Waals surface area contributed by atoms with Crippen LogP contribution in [0.1, 0.15) is 26.3 Å². The predicted octanol–water partition coefficient (Wildman–Crippen LogP) is 1.93. The number of nitrogens with two attached hydrogens (primary N) is 1. The molecule has 0 aliphatic carbocycles. The van der Waals surface area contributed by atoms with Gasteiger partial charge in [0.1, 0.15) is 10.6 Å². The molecule has 0 saturated heterocycles. The Morgan fingerprint density at radius 1 is 1.29 bits per heavy atom. The molecule has 0 heterocycles. The van der Waals surface area contributed by atoms with Crippen LogP contribution in [0.25, 0.3) is 0 Å². The Hall–Kier alpha value is -0.720. The lowest BCUT2D eigenvalue weighted by Crippen LogP contribution is -2.19. The van der Waals surface area contributed by atoms with Gasteiger partial charge in [-0.15, -0.1) is 12.6 Å². The molecule has 0 unspecified atom stereocenters. The number of primary sulfonamides is 1. The summed E-state index contributed by atoms with van der Waals surface area (Å²) >= 11 is 4.12. The second-order valence-corrected chi connectivity index (χ2v) is 6.77. The Bertz CT molecular complexity index is 530. The average Bonchev–Trinajstić information content (AvgIpc) is 2.12. The smallest absolute Gasteiger partial charge is 0.242 e. The van der Waals surface area contributed by atoms with Crippen molar-refractivity contribution in [2.75, 3.05) is 7.11 Å². The first-order valence-electron chi connectivity index (χ1n) is 5.02. The summed E-state index contributed by atoms with van der Waals surface area (Å²) in [6, 6.07) is 3.42. The van der Waals surface area contributed by atoms with Crippen LogP contribution in [-0.2, 0) is 15.4 Å². The standard InChI is InChI=1S/C11H17NO3S2/c1-11(2,3)7-5-6-8(16)10(9(7)15-4)17(12,13)14/h5-6,16H,1-4H3,(H2,12,13,14).